The van der Waals surface area contributed by atoms with Crippen molar-refractivity contribution in [3.05, 3.63) is 12.2 Å². The highest BCUT2D eigenvalue weighted by Crippen LogP contribution is 2.09. The minimum absolute atomic E-state index is 0.0746. The normalized spacial score (nSPS) is 13.1. The molecule has 0 rings (SSSR count). The molecule has 0 saturated heterocycles. The molecule has 0 spiro atoms. The van der Waals surface area contributed by atoms with Gasteiger partial charge in [-0.1, -0.05) is 13.5 Å². The van der Waals surface area contributed by atoms with E-state index in [1.54, 1.807) is 6.92 Å². The van der Waals surface area contributed by atoms with E-state index in [1.165, 1.54) is 0 Å². The van der Waals surface area contributed by atoms with Gasteiger partial charge in [0.1, 0.15) is 5.91 Å². The van der Waals surface area contributed by atoms with Crippen molar-refractivity contribution in [2.75, 3.05) is 0 Å². The number of ether oxygens (including phenoxy) is 3. The van der Waals surface area contributed by atoms with Gasteiger partial charge in [0.25, 0.3) is 0 Å². The van der Waals surface area contributed by atoms with E-state index in [0.29, 0.717) is 5.57 Å². The molecule has 1 atom stereocenters. The fourth-order valence-corrected chi connectivity index (χ4v) is 2.64. The van der Waals surface area contributed by atoms with E-state index < -0.39 is 0 Å². The quantitative estimate of drug-likeness (QED) is 0.283. The van der Waals surface area contributed by atoms with Crippen LogP contribution >= 0.6 is 0 Å². The van der Waals surface area contributed by atoms with E-state index in [1.807, 2.05) is 34.6 Å². The number of hydrogen-bond donors (Lipinski definition) is 0. The highest BCUT2D eigenvalue weighted by molar-refractivity contribution is 6.38. The van der Waals surface area contributed by atoms with Crippen LogP contribution in [0.1, 0.15) is 48.0 Å². The second kappa shape index (κ2) is 9.28. The van der Waals surface area contributed by atoms with Gasteiger partial charge in [0.05, 0.1) is 17.9 Å². The third-order valence-electron chi connectivity index (χ3n) is 2.08. The molecule has 1 unspecified atom stereocenters. The van der Waals surface area contributed by atoms with Crippen molar-refractivity contribution in [3.8, 4) is 0 Å². The number of carbonyl (C=O) groups is 1. The van der Waals surface area contributed by atoms with Gasteiger partial charge in [-0.2, -0.15) is 0 Å². The lowest BCUT2D eigenvalue weighted by molar-refractivity contribution is -0.145. The maximum absolute atomic E-state index is 11.5. The van der Waals surface area contributed by atoms with Crippen molar-refractivity contribution < 1.29 is 19.0 Å². The summed E-state index contributed by atoms with van der Waals surface area (Å²) in [6.45, 7) is 15.0. The molecule has 19 heavy (non-hydrogen) atoms. The van der Waals surface area contributed by atoms with Crippen LogP contribution in [0, 0.1) is 0 Å². The van der Waals surface area contributed by atoms with Crippen LogP contribution in [-0.4, -0.2) is 39.3 Å². The third-order valence-corrected chi connectivity index (χ3v) is 3.52. The van der Waals surface area contributed by atoms with Crippen LogP contribution in [0.4, 0.5) is 0 Å². The SMILES string of the molecule is C=C(C)C(=O)OC(CC)[Si]C(OC(C)C)OC(C)C. The lowest BCUT2D eigenvalue weighted by Gasteiger charge is -2.26. The number of esters is 1. The van der Waals surface area contributed by atoms with Crippen molar-refractivity contribution in [2.45, 2.75) is 71.8 Å². The zero-order valence-electron chi connectivity index (χ0n) is 12.9. The first-order valence-electron chi connectivity index (χ1n) is 6.69. The summed E-state index contributed by atoms with van der Waals surface area (Å²) in [6.07, 6.45) is 0.882. The number of carbonyl (C=O) groups excluding carboxylic acids is 1. The molecular weight excluding hydrogens is 260 g/mol. The van der Waals surface area contributed by atoms with E-state index in [9.17, 15) is 4.79 Å². The average Bonchev–Trinajstić information content (AvgIpc) is 2.25. The Hall–Kier alpha value is -0.653. The molecule has 2 radical (unpaired) electrons. The van der Waals surface area contributed by atoms with Crippen molar-refractivity contribution >= 4 is 15.5 Å². The molecule has 0 heterocycles. The van der Waals surface area contributed by atoms with Crippen molar-refractivity contribution in [1.82, 2.24) is 0 Å². The van der Waals surface area contributed by atoms with Gasteiger partial charge in [-0.15, -0.1) is 0 Å². The minimum atomic E-state index is -0.354. The van der Waals surface area contributed by atoms with Crippen LogP contribution in [0.15, 0.2) is 12.2 Å². The summed E-state index contributed by atoms with van der Waals surface area (Å²) in [4.78, 5) is 11.5. The smallest absolute Gasteiger partial charge is 0.333 e. The Kier molecular flexibility index (Phi) is 8.96. The molecule has 0 aromatic heterocycles. The van der Waals surface area contributed by atoms with Gasteiger partial charge in [-0.25, -0.2) is 4.79 Å². The highest BCUT2D eigenvalue weighted by atomic mass is 28.2. The zero-order chi connectivity index (χ0) is 15.0. The van der Waals surface area contributed by atoms with Gasteiger partial charge in [0.2, 0.25) is 0 Å². The predicted octanol–water partition coefficient (Wildman–Crippen LogP) is 2.68. The molecule has 0 amide bonds. The molecule has 0 fully saturated rings. The van der Waals surface area contributed by atoms with E-state index >= 15 is 0 Å². The molecule has 5 heteroatoms. The Morgan fingerprint density at radius 1 is 1.16 bits per heavy atom. The summed E-state index contributed by atoms with van der Waals surface area (Å²) in [7, 11) is 0.257. The van der Waals surface area contributed by atoms with Crippen LogP contribution in [0.3, 0.4) is 0 Å². The fourth-order valence-electron chi connectivity index (χ4n) is 1.22. The van der Waals surface area contributed by atoms with Gasteiger partial charge in [0, 0.05) is 5.57 Å². The molecule has 0 saturated carbocycles. The second-order valence-electron chi connectivity index (χ2n) is 4.95. The molecule has 4 nitrogen and oxygen atoms in total. The molecule has 0 aliphatic rings. The van der Waals surface area contributed by atoms with Crippen LogP contribution < -0.4 is 0 Å². The van der Waals surface area contributed by atoms with Gasteiger partial charge in [-0.05, 0) is 41.0 Å². The Morgan fingerprint density at radius 2 is 1.63 bits per heavy atom. The summed E-state index contributed by atoms with van der Waals surface area (Å²) in [5.74, 6) is -0.685. The monoisotopic (exact) mass is 286 g/mol. The molecule has 0 aliphatic heterocycles. The minimum Gasteiger partial charge on any atom is -0.463 e. The van der Waals surface area contributed by atoms with Gasteiger partial charge >= 0.3 is 5.97 Å². The predicted molar refractivity (Wildman–Crippen MR) is 77.0 cm³/mol. The van der Waals surface area contributed by atoms with E-state index in [2.05, 4.69) is 6.58 Å². The maximum atomic E-state index is 11.5. The van der Waals surface area contributed by atoms with Crippen molar-refractivity contribution in [1.29, 1.82) is 0 Å². The average molecular weight is 286 g/mol. The molecule has 110 valence electrons. The van der Waals surface area contributed by atoms with Crippen LogP contribution in [-0.2, 0) is 19.0 Å². The second-order valence-corrected chi connectivity index (χ2v) is 6.40. The zero-order valence-corrected chi connectivity index (χ0v) is 13.9. The van der Waals surface area contributed by atoms with Crippen molar-refractivity contribution in [3.63, 3.8) is 0 Å². The Labute approximate surface area is 119 Å². The molecule has 0 aromatic rings. The van der Waals surface area contributed by atoms with E-state index in [0.717, 1.165) is 6.42 Å². The summed E-state index contributed by atoms with van der Waals surface area (Å²) in [5, 5.41) is 0. The molecule has 0 aromatic carbocycles. The summed E-state index contributed by atoms with van der Waals surface area (Å²) in [6, 6.07) is 0. The molecule has 0 N–H and O–H groups in total. The lowest BCUT2D eigenvalue weighted by atomic mass is 10.4. The van der Waals surface area contributed by atoms with Crippen LogP contribution in [0.25, 0.3) is 0 Å². The Balaban J connectivity index is 4.49. The lowest BCUT2D eigenvalue weighted by Crippen LogP contribution is -2.38. The maximum Gasteiger partial charge on any atom is 0.333 e. The summed E-state index contributed by atoms with van der Waals surface area (Å²) >= 11 is 0. The van der Waals surface area contributed by atoms with Gasteiger partial charge in [-0.3, -0.25) is 0 Å². The molecule has 0 bridgehead atoms. The fraction of sp³-hybridized carbons (Fsp3) is 0.786. The first-order valence-corrected chi connectivity index (χ1v) is 7.85. The van der Waals surface area contributed by atoms with Gasteiger partial charge < -0.3 is 14.2 Å². The first kappa shape index (κ1) is 18.3. The number of hydrogen-bond acceptors (Lipinski definition) is 4. The molecular formula is C14H26O4Si. The van der Waals surface area contributed by atoms with Crippen molar-refractivity contribution in [2.24, 2.45) is 0 Å². The summed E-state index contributed by atoms with van der Waals surface area (Å²) < 4.78 is 16.8. The van der Waals surface area contributed by atoms with Gasteiger partial charge in [0.15, 0.2) is 9.52 Å². The van der Waals surface area contributed by atoms with Crippen LogP contribution in [0.5, 0.6) is 0 Å². The Morgan fingerprint density at radius 3 is 1.95 bits per heavy atom. The van der Waals surface area contributed by atoms with E-state index in [4.69, 9.17) is 14.2 Å². The molecule has 0 aliphatic carbocycles. The third kappa shape index (κ3) is 8.97. The highest BCUT2D eigenvalue weighted by Gasteiger charge is 2.23. The topological polar surface area (TPSA) is 44.8 Å². The van der Waals surface area contributed by atoms with E-state index in [-0.39, 0.29) is 39.3 Å². The summed E-state index contributed by atoms with van der Waals surface area (Å²) in [5.41, 5.74) is 0.223. The van der Waals surface area contributed by atoms with Crippen LogP contribution in [0.2, 0.25) is 0 Å². The largest absolute Gasteiger partial charge is 0.463 e. The first-order chi connectivity index (χ1) is 8.76. The number of rotatable bonds is 9. The Bertz CT molecular complexity index is 279. The standard InChI is InChI=1S/C14H26O4Si/c1-8-12(18-13(15)9(2)3)19-14(16-10(4)5)17-11(6)7/h10-12,14H,2,8H2,1,3-7H3.